The molecule has 0 spiro atoms. The van der Waals surface area contributed by atoms with Crippen LogP contribution in [0.4, 0.5) is 34.1 Å². The Balaban J connectivity index is 2.04. The Bertz CT molecular complexity index is 647. The zero-order chi connectivity index (χ0) is 13.6. The van der Waals surface area contributed by atoms with Crippen LogP contribution in [0.1, 0.15) is 5.56 Å². The summed E-state index contributed by atoms with van der Waals surface area (Å²) in [5, 5.41) is 6.87. The topological polar surface area (TPSA) is 53.3 Å². The van der Waals surface area contributed by atoms with Crippen molar-refractivity contribution in [3.05, 3.63) is 35.9 Å². The molecule has 0 saturated carbocycles. The lowest BCUT2D eigenvalue weighted by molar-refractivity contribution is 1.13. The molecule has 0 radical (unpaired) electrons. The van der Waals surface area contributed by atoms with Crippen LogP contribution in [0.2, 0.25) is 0 Å². The normalized spacial score (nSPS) is 11.9. The third-order valence-electron chi connectivity index (χ3n) is 3.46. The summed E-state index contributed by atoms with van der Waals surface area (Å²) in [6, 6.07) is 10.4. The third-order valence-corrected chi connectivity index (χ3v) is 3.46. The summed E-state index contributed by atoms with van der Waals surface area (Å²) < 4.78 is 0. The van der Waals surface area contributed by atoms with Crippen LogP contribution in [0.5, 0.6) is 0 Å². The van der Waals surface area contributed by atoms with Crippen LogP contribution >= 0.6 is 0 Å². The van der Waals surface area contributed by atoms with Gasteiger partial charge in [-0.2, -0.15) is 0 Å². The summed E-state index contributed by atoms with van der Waals surface area (Å²) in [6.07, 6.45) is 0. The van der Waals surface area contributed by atoms with Crippen molar-refractivity contribution < 1.29 is 0 Å². The van der Waals surface area contributed by atoms with E-state index in [1.54, 1.807) is 0 Å². The number of anilines is 6. The van der Waals surface area contributed by atoms with Crippen molar-refractivity contribution in [3.8, 4) is 0 Å². The Morgan fingerprint density at radius 3 is 2.26 bits per heavy atom. The Morgan fingerprint density at radius 2 is 1.53 bits per heavy atom. The van der Waals surface area contributed by atoms with Crippen molar-refractivity contribution >= 4 is 34.1 Å². The van der Waals surface area contributed by atoms with E-state index in [9.17, 15) is 0 Å². The zero-order valence-electron chi connectivity index (χ0n) is 11.4. The fourth-order valence-corrected chi connectivity index (χ4v) is 2.24. The fourth-order valence-electron chi connectivity index (χ4n) is 2.24. The van der Waals surface area contributed by atoms with E-state index in [2.05, 4.69) is 39.8 Å². The molecule has 0 aliphatic carbocycles. The van der Waals surface area contributed by atoms with Gasteiger partial charge in [0.1, 0.15) is 0 Å². The highest BCUT2D eigenvalue weighted by Gasteiger charge is 2.16. The first kappa shape index (κ1) is 11.7. The maximum absolute atomic E-state index is 5.97. The van der Waals surface area contributed by atoms with Crippen LogP contribution in [0.25, 0.3) is 0 Å². The molecule has 0 aromatic heterocycles. The molecule has 4 heteroatoms. The number of nitrogen functional groups attached to an aromatic ring is 1. The number of rotatable bonds is 1. The maximum atomic E-state index is 5.97. The Labute approximate surface area is 113 Å². The van der Waals surface area contributed by atoms with Crippen LogP contribution in [0, 0.1) is 6.92 Å². The lowest BCUT2D eigenvalue weighted by Gasteiger charge is -2.25. The number of hydrogen-bond donors (Lipinski definition) is 3. The van der Waals surface area contributed by atoms with Gasteiger partial charge >= 0.3 is 0 Å². The van der Waals surface area contributed by atoms with Crippen molar-refractivity contribution in [3.63, 3.8) is 0 Å². The van der Waals surface area contributed by atoms with Crippen molar-refractivity contribution in [2.75, 3.05) is 35.4 Å². The first-order valence-corrected chi connectivity index (χ1v) is 6.30. The van der Waals surface area contributed by atoms with Gasteiger partial charge in [0.25, 0.3) is 0 Å². The first-order chi connectivity index (χ1) is 9.04. The lowest BCUT2D eigenvalue weighted by atomic mass is 10.1. The summed E-state index contributed by atoms with van der Waals surface area (Å²) in [7, 11) is 4.07. The quantitative estimate of drug-likeness (QED) is 0.582. The van der Waals surface area contributed by atoms with E-state index in [-0.39, 0.29) is 0 Å². The van der Waals surface area contributed by atoms with E-state index in [4.69, 9.17) is 5.73 Å². The second-order valence-electron chi connectivity index (χ2n) is 5.13. The number of benzene rings is 2. The molecule has 2 aromatic carbocycles. The molecule has 1 aliphatic heterocycles. The molecule has 0 unspecified atom stereocenters. The van der Waals surface area contributed by atoms with E-state index in [1.807, 2.05) is 27.1 Å². The molecule has 4 N–H and O–H groups in total. The van der Waals surface area contributed by atoms with Crippen LogP contribution in [0.3, 0.4) is 0 Å². The van der Waals surface area contributed by atoms with Gasteiger partial charge in [-0.25, -0.2) is 0 Å². The van der Waals surface area contributed by atoms with Gasteiger partial charge < -0.3 is 21.3 Å². The van der Waals surface area contributed by atoms with Gasteiger partial charge in [-0.15, -0.1) is 0 Å². The first-order valence-electron chi connectivity index (χ1n) is 6.30. The average molecular weight is 254 g/mol. The molecule has 4 nitrogen and oxygen atoms in total. The van der Waals surface area contributed by atoms with Crippen molar-refractivity contribution in [1.29, 1.82) is 0 Å². The van der Waals surface area contributed by atoms with Gasteiger partial charge in [0.05, 0.1) is 22.7 Å². The minimum atomic E-state index is 0.806. The van der Waals surface area contributed by atoms with E-state index >= 15 is 0 Å². The number of aryl methyl sites for hydroxylation is 1. The van der Waals surface area contributed by atoms with Crippen LogP contribution < -0.4 is 21.3 Å². The predicted molar refractivity (Wildman–Crippen MR) is 82.9 cm³/mol. The molecule has 0 amide bonds. The van der Waals surface area contributed by atoms with E-state index < -0.39 is 0 Å². The lowest BCUT2D eigenvalue weighted by Crippen LogP contribution is -2.11. The smallest absolute Gasteiger partial charge is 0.0644 e. The zero-order valence-corrected chi connectivity index (χ0v) is 11.4. The van der Waals surface area contributed by atoms with Crippen molar-refractivity contribution in [2.45, 2.75) is 6.92 Å². The summed E-state index contributed by atoms with van der Waals surface area (Å²) in [5.41, 5.74) is 13.3. The Morgan fingerprint density at radius 1 is 0.895 bits per heavy atom. The summed E-state index contributed by atoms with van der Waals surface area (Å²) in [6.45, 7) is 2.02. The Hall–Kier alpha value is -2.36. The second-order valence-corrected chi connectivity index (χ2v) is 5.13. The highest BCUT2D eigenvalue weighted by atomic mass is 15.1. The number of nitrogens with zero attached hydrogens (tertiary/aromatic N) is 1. The van der Waals surface area contributed by atoms with Crippen LogP contribution in [0.15, 0.2) is 30.3 Å². The van der Waals surface area contributed by atoms with Crippen LogP contribution in [-0.2, 0) is 0 Å². The number of fused-ring (bicyclic) bond motifs is 2. The summed E-state index contributed by atoms with van der Waals surface area (Å²) in [4.78, 5) is 2.08. The molecular weight excluding hydrogens is 236 g/mol. The SMILES string of the molecule is Cc1cc2c(cc1N)Nc1cc(N(C)C)ccc1N2. The Kier molecular flexibility index (Phi) is 2.52. The molecule has 1 heterocycles. The largest absolute Gasteiger partial charge is 0.398 e. The van der Waals surface area contributed by atoms with E-state index in [0.29, 0.717) is 0 Å². The molecule has 0 fully saturated rings. The molecule has 2 aromatic rings. The predicted octanol–water partition coefficient (Wildman–Crippen LogP) is 3.44. The standard InChI is InChI=1S/C15H18N4/c1-9-6-13-15(8-11(9)16)18-14-7-10(19(2)3)4-5-12(14)17-13/h4-8,17-18H,16H2,1-3H3. The van der Waals surface area contributed by atoms with Gasteiger partial charge in [0.2, 0.25) is 0 Å². The fraction of sp³-hybridized carbons (Fsp3) is 0.200. The van der Waals surface area contributed by atoms with E-state index in [0.717, 1.165) is 39.7 Å². The molecule has 0 bridgehead atoms. The number of hydrogen-bond acceptors (Lipinski definition) is 4. The highest BCUT2D eigenvalue weighted by Crippen LogP contribution is 2.41. The van der Waals surface area contributed by atoms with Gasteiger partial charge in [0.15, 0.2) is 0 Å². The van der Waals surface area contributed by atoms with E-state index in [1.165, 1.54) is 0 Å². The minimum Gasteiger partial charge on any atom is -0.398 e. The minimum absolute atomic E-state index is 0.806. The second kappa shape index (κ2) is 4.09. The summed E-state index contributed by atoms with van der Waals surface area (Å²) in [5.74, 6) is 0. The van der Waals surface area contributed by atoms with Crippen molar-refractivity contribution in [1.82, 2.24) is 0 Å². The van der Waals surface area contributed by atoms with Gasteiger partial charge in [0, 0.05) is 25.5 Å². The van der Waals surface area contributed by atoms with Crippen molar-refractivity contribution in [2.24, 2.45) is 0 Å². The maximum Gasteiger partial charge on any atom is 0.0644 e. The molecule has 0 saturated heterocycles. The monoisotopic (exact) mass is 254 g/mol. The molecule has 3 rings (SSSR count). The molecule has 1 aliphatic rings. The molecular formula is C15H18N4. The molecule has 98 valence electrons. The van der Waals surface area contributed by atoms with Crippen LogP contribution in [-0.4, -0.2) is 14.1 Å². The highest BCUT2D eigenvalue weighted by molar-refractivity contribution is 5.93. The third kappa shape index (κ3) is 1.95. The number of nitrogens with one attached hydrogen (secondary N) is 2. The average Bonchev–Trinajstić information content (AvgIpc) is 2.37. The van der Waals surface area contributed by atoms with Gasteiger partial charge in [-0.1, -0.05) is 0 Å². The van der Waals surface area contributed by atoms with Gasteiger partial charge in [-0.05, 0) is 42.8 Å². The summed E-state index contributed by atoms with van der Waals surface area (Å²) >= 11 is 0. The molecule has 0 atom stereocenters. The number of nitrogens with two attached hydrogens (primary N) is 1. The van der Waals surface area contributed by atoms with Gasteiger partial charge in [-0.3, -0.25) is 0 Å². The molecule has 19 heavy (non-hydrogen) atoms.